The van der Waals surface area contributed by atoms with Crippen LogP contribution in [0.4, 0.5) is 5.69 Å². The number of nitriles is 1. The van der Waals surface area contributed by atoms with Crippen LogP contribution in [0.2, 0.25) is 0 Å². The van der Waals surface area contributed by atoms with Crippen molar-refractivity contribution in [3.8, 4) is 22.9 Å². The second-order valence-corrected chi connectivity index (χ2v) is 11.1. The van der Waals surface area contributed by atoms with Gasteiger partial charge in [0.15, 0.2) is 0 Å². The van der Waals surface area contributed by atoms with Gasteiger partial charge in [-0.25, -0.2) is 0 Å². The van der Waals surface area contributed by atoms with Gasteiger partial charge in [0.25, 0.3) is 11.5 Å². The topological polar surface area (TPSA) is 69.3 Å². The normalized spacial score (nSPS) is 16.8. The number of piperazine rings is 1. The molecule has 6 heteroatoms. The molecule has 0 radical (unpaired) electrons. The van der Waals surface area contributed by atoms with Crippen LogP contribution in [0.1, 0.15) is 35.3 Å². The Morgan fingerprint density at radius 3 is 2.10 bits per heavy atom. The summed E-state index contributed by atoms with van der Waals surface area (Å²) in [5, 5.41) is 10.7. The van der Waals surface area contributed by atoms with Crippen LogP contribution in [0.25, 0.3) is 27.6 Å². The van der Waals surface area contributed by atoms with Gasteiger partial charge in [-0.3, -0.25) is 14.2 Å². The van der Waals surface area contributed by atoms with E-state index in [1.54, 1.807) is 16.7 Å². The average molecular weight is 553 g/mol. The number of carbonyl (C=O) groups excluding carboxylic acids is 1. The maximum atomic E-state index is 13.7. The van der Waals surface area contributed by atoms with E-state index in [0.717, 1.165) is 46.5 Å². The number of rotatable bonds is 4. The summed E-state index contributed by atoms with van der Waals surface area (Å²) in [6.45, 7) is 7.69. The molecule has 0 bridgehead atoms. The van der Waals surface area contributed by atoms with Crippen molar-refractivity contribution in [3.05, 3.63) is 130 Å². The first kappa shape index (κ1) is 27.0. The van der Waals surface area contributed by atoms with Crippen LogP contribution >= 0.6 is 0 Å². The van der Waals surface area contributed by atoms with Gasteiger partial charge in [0.2, 0.25) is 0 Å². The summed E-state index contributed by atoms with van der Waals surface area (Å²) in [6.07, 6.45) is 1.91. The van der Waals surface area contributed by atoms with Crippen molar-refractivity contribution in [3.63, 3.8) is 0 Å². The third-order valence-corrected chi connectivity index (χ3v) is 8.22. The van der Waals surface area contributed by atoms with Crippen molar-refractivity contribution in [2.24, 2.45) is 0 Å². The van der Waals surface area contributed by atoms with Crippen LogP contribution in [-0.2, 0) is 0 Å². The monoisotopic (exact) mass is 552 g/mol. The zero-order valence-corrected chi connectivity index (χ0v) is 24.0. The summed E-state index contributed by atoms with van der Waals surface area (Å²) < 4.78 is 1.71. The molecule has 0 saturated carbocycles. The van der Waals surface area contributed by atoms with E-state index < -0.39 is 0 Å². The summed E-state index contributed by atoms with van der Waals surface area (Å²) in [4.78, 5) is 31.2. The summed E-state index contributed by atoms with van der Waals surface area (Å²) in [7, 11) is 0. The standard InChI is InChI=1S/C36H32N4O2/c1-24-21-39(36(42)33-11-7-10-32(34(24)33)28-14-12-27(20-37)13-15-28)31-18-16-30(17-19-31)38-22-25(2)40(26(3)23-38)35(41)29-8-5-4-6-9-29/h4-19,21,25-26H,22-23H2,1-3H3/t25-,26?/m1/s1. The van der Waals surface area contributed by atoms with Crippen molar-refractivity contribution in [1.29, 1.82) is 5.26 Å². The smallest absolute Gasteiger partial charge is 0.262 e. The van der Waals surface area contributed by atoms with Crippen LogP contribution in [0, 0.1) is 18.3 Å². The number of pyridine rings is 1. The highest BCUT2D eigenvalue weighted by molar-refractivity contribution is 5.98. The van der Waals surface area contributed by atoms with Gasteiger partial charge in [-0.15, -0.1) is 0 Å². The molecule has 2 heterocycles. The van der Waals surface area contributed by atoms with Gasteiger partial charge in [-0.05, 0) is 97.4 Å². The Labute approximate surface area is 245 Å². The second kappa shape index (κ2) is 11.0. The van der Waals surface area contributed by atoms with Crippen LogP contribution < -0.4 is 10.5 Å². The Balaban J connectivity index is 1.27. The van der Waals surface area contributed by atoms with Crippen molar-refractivity contribution in [1.82, 2.24) is 9.47 Å². The molecule has 1 aromatic heterocycles. The number of nitrogens with zero attached hydrogens (tertiary/aromatic N) is 4. The molecule has 6 nitrogen and oxygen atoms in total. The largest absolute Gasteiger partial charge is 0.367 e. The van der Waals surface area contributed by atoms with Gasteiger partial charge in [0.05, 0.1) is 11.6 Å². The molecule has 1 aliphatic rings. The van der Waals surface area contributed by atoms with Crippen molar-refractivity contribution in [2.75, 3.05) is 18.0 Å². The van der Waals surface area contributed by atoms with Crippen LogP contribution in [0.5, 0.6) is 0 Å². The minimum atomic E-state index is -0.0749. The Morgan fingerprint density at radius 1 is 0.810 bits per heavy atom. The summed E-state index contributed by atoms with van der Waals surface area (Å²) in [6, 6.07) is 33.1. The molecule has 0 aliphatic carbocycles. The lowest BCUT2D eigenvalue weighted by molar-refractivity contribution is 0.0574. The third kappa shape index (κ3) is 4.84. The minimum absolute atomic E-state index is 0.0530. The van der Waals surface area contributed by atoms with E-state index in [4.69, 9.17) is 5.26 Å². The summed E-state index contributed by atoms with van der Waals surface area (Å²) in [5.74, 6) is 0.0685. The number of hydrogen-bond acceptors (Lipinski definition) is 4. The molecule has 42 heavy (non-hydrogen) atoms. The Kier molecular flexibility index (Phi) is 7.10. The van der Waals surface area contributed by atoms with Gasteiger partial charge in [0, 0.05) is 53.7 Å². The number of aryl methyl sites for hydroxylation is 1. The number of fused-ring (bicyclic) bond motifs is 1. The fourth-order valence-corrected chi connectivity index (χ4v) is 6.25. The fourth-order valence-electron chi connectivity index (χ4n) is 6.25. The highest BCUT2D eigenvalue weighted by Crippen LogP contribution is 2.31. The number of aromatic nitrogens is 1. The molecule has 1 aliphatic heterocycles. The van der Waals surface area contributed by atoms with Gasteiger partial charge < -0.3 is 9.80 Å². The molecule has 0 spiro atoms. The molecule has 2 atom stereocenters. The van der Waals surface area contributed by atoms with E-state index in [1.165, 1.54) is 0 Å². The van der Waals surface area contributed by atoms with Crippen LogP contribution in [-0.4, -0.2) is 40.5 Å². The van der Waals surface area contributed by atoms with Crippen molar-refractivity contribution in [2.45, 2.75) is 32.9 Å². The third-order valence-electron chi connectivity index (χ3n) is 8.22. The molecular formula is C36H32N4O2. The van der Waals surface area contributed by atoms with E-state index in [2.05, 4.69) is 36.9 Å². The molecule has 1 amide bonds. The maximum Gasteiger partial charge on any atom is 0.262 e. The summed E-state index contributed by atoms with van der Waals surface area (Å²) >= 11 is 0. The Morgan fingerprint density at radius 2 is 1.45 bits per heavy atom. The van der Waals surface area contributed by atoms with Gasteiger partial charge in [0.1, 0.15) is 0 Å². The highest BCUT2D eigenvalue weighted by Gasteiger charge is 2.33. The highest BCUT2D eigenvalue weighted by atomic mass is 16.2. The zero-order chi connectivity index (χ0) is 29.4. The molecule has 0 N–H and O–H groups in total. The quantitative estimate of drug-likeness (QED) is 0.253. The van der Waals surface area contributed by atoms with Gasteiger partial charge in [-0.2, -0.15) is 5.26 Å². The molecule has 1 unspecified atom stereocenters. The van der Waals surface area contributed by atoms with E-state index >= 15 is 0 Å². The minimum Gasteiger partial charge on any atom is -0.367 e. The van der Waals surface area contributed by atoms with Crippen molar-refractivity contribution < 1.29 is 4.79 Å². The fraction of sp³-hybridized carbons (Fsp3) is 0.194. The molecule has 1 saturated heterocycles. The molecule has 4 aromatic carbocycles. The lowest BCUT2D eigenvalue weighted by atomic mass is 9.96. The number of hydrogen-bond donors (Lipinski definition) is 0. The lowest BCUT2D eigenvalue weighted by Crippen LogP contribution is -2.58. The van der Waals surface area contributed by atoms with Gasteiger partial charge in [-0.1, -0.05) is 42.5 Å². The SMILES string of the molecule is Cc1cn(-c2ccc(N3CC(C)N(C(=O)c4ccccc4)[C@H](C)C3)cc2)c(=O)c2cccc(-c3ccc(C#N)cc3)c12. The van der Waals surface area contributed by atoms with E-state index in [0.29, 0.717) is 16.5 Å². The predicted octanol–water partition coefficient (Wildman–Crippen LogP) is 6.58. The van der Waals surface area contributed by atoms with E-state index in [1.807, 2.05) is 90.8 Å². The lowest BCUT2D eigenvalue weighted by Gasteiger charge is -2.45. The Bertz CT molecular complexity index is 1860. The number of amides is 1. The molecule has 6 rings (SSSR count). The zero-order valence-electron chi connectivity index (χ0n) is 24.0. The van der Waals surface area contributed by atoms with Crippen molar-refractivity contribution >= 4 is 22.4 Å². The van der Waals surface area contributed by atoms with E-state index in [9.17, 15) is 9.59 Å². The molecule has 5 aromatic rings. The number of anilines is 1. The number of carbonyl (C=O) groups is 1. The second-order valence-electron chi connectivity index (χ2n) is 11.1. The Hall–Kier alpha value is -5.15. The van der Waals surface area contributed by atoms with E-state index in [-0.39, 0.29) is 23.6 Å². The number of benzene rings is 4. The maximum absolute atomic E-state index is 13.7. The average Bonchev–Trinajstić information content (AvgIpc) is 3.02. The first-order chi connectivity index (χ1) is 20.4. The first-order valence-electron chi connectivity index (χ1n) is 14.2. The molecule has 208 valence electrons. The molecule has 1 fully saturated rings. The molecular weight excluding hydrogens is 520 g/mol. The predicted molar refractivity (Wildman–Crippen MR) is 168 cm³/mol. The van der Waals surface area contributed by atoms with Crippen LogP contribution in [0.15, 0.2) is 108 Å². The first-order valence-corrected chi connectivity index (χ1v) is 14.2. The van der Waals surface area contributed by atoms with Gasteiger partial charge >= 0.3 is 0 Å². The summed E-state index contributed by atoms with van der Waals surface area (Å²) in [5.41, 5.74) is 6.06. The van der Waals surface area contributed by atoms with Crippen LogP contribution in [0.3, 0.4) is 0 Å².